The lowest BCUT2D eigenvalue weighted by Crippen LogP contribution is -2.27. The summed E-state index contributed by atoms with van der Waals surface area (Å²) in [6.07, 6.45) is -2.72. The van der Waals surface area contributed by atoms with E-state index in [2.05, 4.69) is 9.97 Å². The number of aromatic amines is 1. The third kappa shape index (κ3) is 1.83. The average Bonchev–Trinajstić information content (AvgIpc) is 2.17. The van der Waals surface area contributed by atoms with E-state index in [-0.39, 0.29) is 11.5 Å². The molecule has 1 aromatic heterocycles. The second kappa shape index (κ2) is 3.61. The van der Waals surface area contributed by atoms with Crippen molar-refractivity contribution in [3.63, 3.8) is 0 Å². The summed E-state index contributed by atoms with van der Waals surface area (Å²) in [5.41, 5.74) is -1.37. The van der Waals surface area contributed by atoms with Crippen molar-refractivity contribution in [2.45, 2.75) is 38.3 Å². The highest BCUT2D eigenvalue weighted by Crippen LogP contribution is 2.36. The molecule has 0 saturated carbocycles. The molecular weight excluding hydrogens is 221 g/mol. The molecular formula is C10H11F3N2O. The van der Waals surface area contributed by atoms with Gasteiger partial charge in [0.15, 0.2) is 5.69 Å². The normalized spacial score (nSPS) is 20.6. The first-order valence-corrected chi connectivity index (χ1v) is 5.10. The fourth-order valence-corrected chi connectivity index (χ4v) is 2.15. The highest BCUT2D eigenvalue weighted by Gasteiger charge is 2.38. The average molecular weight is 232 g/mol. The fraction of sp³-hybridized carbons (Fsp3) is 0.600. The molecule has 2 rings (SSSR count). The largest absolute Gasteiger partial charge is 0.433 e. The van der Waals surface area contributed by atoms with Gasteiger partial charge >= 0.3 is 11.9 Å². The number of hydrogen-bond donors (Lipinski definition) is 1. The zero-order chi connectivity index (χ0) is 11.9. The fourth-order valence-electron chi connectivity index (χ4n) is 2.15. The Labute approximate surface area is 89.7 Å². The number of nitrogens with zero attached hydrogens (tertiary/aromatic N) is 1. The third-order valence-electron chi connectivity index (χ3n) is 2.89. The quantitative estimate of drug-likeness (QED) is 0.745. The number of fused-ring (bicyclic) bond motifs is 1. The summed E-state index contributed by atoms with van der Waals surface area (Å²) in [4.78, 5) is 16.6. The Morgan fingerprint density at radius 1 is 1.44 bits per heavy atom. The molecule has 1 aromatic rings. The molecule has 0 amide bonds. The topological polar surface area (TPSA) is 45.8 Å². The number of H-pyrrole nitrogens is 1. The Morgan fingerprint density at radius 3 is 2.75 bits per heavy atom. The van der Waals surface area contributed by atoms with Crippen LogP contribution in [0.1, 0.15) is 42.6 Å². The second-order valence-corrected chi connectivity index (χ2v) is 4.07. The molecule has 0 radical (unpaired) electrons. The summed E-state index contributed by atoms with van der Waals surface area (Å²) in [5.74, 6) is -0.0412. The molecule has 0 fully saturated rings. The van der Waals surface area contributed by atoms with Crippen LogP contribution in [-0.2, 0) is 12.6 Å². The number of hydrogen-bond acceptors (Lipinski definition) is 2. The van der Waals surface area contributed by atoms with Gasteiger partial charge in [-0.05, 0) is 25.2 Å². The molecule has 0 saturated heterocycles. The molecule has 0 aromatic carbocycles. The monoisotopic (exact) mass is 232 g/mol. The van der Waals surface area contributed by atoms with E-state index < -0.39 is 17.6 Å². The van der Waals surface area contributed by atoms with E-state index in [0.717, 1.165) is 6.42 Å². The Balaban J connectivity index is 2.67. The van der Waals surface area contributed by atoms with Gasteiger partial charge < -0.3 is 4.98 Å². The van der Waals surface area contributed by atoms with Gasteiger partial charge in [0.05, 0.1) is 0 Å². The highest BCUT2D eigenvalue weighted by molar-refractivity contribution is 5.31. The summed E-state index contributed by atoms with van der Waals surface area (Å²) in [6, 6.07) is 0. The van der Waals surface area contributed by atoms with E-state index in [9.17, 15) is 18.0 Å². The molecule has 1 aliphatic rings. The van der Waals surface area contributed by atoms with Gasteiger partial charge in [0.2, 0.25) is 0 Å². The summed E-state index contributed by atoms with van der Waals surface area (Å²) in [7, 11) is 0. The molecule has 1 atom stereocenters. The smallest absolute Gasteiger partial charge is 0.309 e. The van der Waals surface area contributed by atoms with E-state index in [1.165, 1.54) is 0 Å². The summed E-state index contributed by atoms with van der Waals surface area (Å²) in [6.45, 7) is 1.81. The van der Waals surface area contributed by atoms with Gasteiger partial charge in [0.25, 0.3) is 0 Å². The molecule has 0 spiro atoms. The molecule has 1 heterocycles. The van der Waals surface area contributed by atoms with Gasteiger partial charge in [-0.3, -0.25) is 0 Å². The SMILES string of the molecule is CC1CCCc2c(C(F)(F)F)nc(=O)[nH]c21. The lowest BCUT2D eigenvalue weighted by molar-refractivity contribution is -0.142. The second-order valence-electron chi connectivity index (χ2n) is 4.07. The van der Waals surface area contributed by atoms with Crippen LogP contribution in [0.2, 0.25) is 0 Å². The molecule has 1 unspecified atom stereocenters. The molecule has 16 heavy (non-hydrogen) atoms. The van der Waals surface area contributed by atoms with Gasteiger partial charge in [-0.1, -0.05) is 6.92 Å². The first kappa shape index (κ1) is 11.2. The van der Waals surface area contributed by atoms with Crippen LogP contribution in [0.3, 0.4) is 0 Å². The van der Waals surface area contributed by atoms with Crippen LogP contribution in [0, 0.1) is 0 Å². The summed E-state index contributed by atoms with van der Waals surface area (Å²) in [5, 5.41) is 0. The number of nitrogens with one attached hydrogen (secondary N) is 1. The zero-order valence-corrected chi connectivity index (χ0v) is 8.69. The Hall–Kier alpha value is -1.33. The van der Waals surface area contributed by atoms with E-state index in [1.807, 2.05) is 6.92 Å². The first-order valence-electron chi connectivity index (χ1n) is 5.10. The number of rotatable bonds is 0. The van der Waals surface area contributed by atoms with Gasteiger partial charge in [-0.2, -0.15) is 18.2 Å². The Bertz CT molecular complexity index is 464. The maximum absolute atomic E-state index is 12.7. The van der Waals surface area contributed by atoms with Crippen molar-refractivity contribution < 1.29 is 13.2 Å². The van der Waals surface area contributed by atoms with E-state index in [1.54, 1.807) is 0 Å². The standard InChI is InChI=1S/C10H11F3N2O/c1-5-3-2-4-6-7(5)14-9(16)15-8(6)10(11,12)13/h5H,2-4H2,1H3,(H,14,15,16). The van der Waals surface area contributed by atoms with E-state index in [0.29, 0.717) is 18.5 Å². The minimum absolute atomic E-state index is 0.0412. The summed E-state index contributed by atoms with van der Waals surface area (Å²) < 4.78 is 38.0. The molecule has 0 aliphatic heterocycles. The van der Waals surface area contributed by atoms with Crippen molar-refractivity contribution in [1.82, 2.24) is 9.97 Å². The van der Waals surface area contributed by atoms with Crippen LogP contribution in [0.4, 0.5) is 13.2 Å². The number of aromatic nitrogens is 2. The predicted molar refractivity (Wildman–Crippen MR) is 51.2 cm³/mol. The highest BCUT2D eigenvalue weighted by atomic mass is 19.4. The molecule has 88 valence electrons. The number of alkyl halides is 3. The van der Waals surface area contributed by atoms with E-state index >= 15 is 0 Å². The molecule has 3 nitrogen and oxygen atoms in total. The van der Waals surface area contributed by atoms with Crippen molar-refractivity contribution in [3.8, 4) is 0 Å². The molecule has 1 aliphatic carbocycles. The van der Waals surface area contributed by atoms with Crippen LogP contribution in [0.5, 0.6) is 0 Å². The van der Waals surface area contributed by atoms with Gasteiger partial charge in [-0.15, -0.1) is 0 Å². The first-order chi connectivity index (χ1) is 7.39. The third-order valence-corrected chi connectivity index (χ3v) is 2.89. The lowest BCUT2D eigenvalue weighted by Gasteiger charge is -2.23. The van der Waals surface area contributed by atoms with Crippen molar-refractivity contribution >= 4 is 0 Å². The lowest BCUT2D eigenvalue weighted by atomic mass is 9.87. The van der Waals surface area contributed by atoms with Crippen LogP contribution in [0.25, 0.3) is 0 Å². The van der Waals surface area contributed by atoms with Crippen LogP contribution in [-0.4, -0.2) is 9.97 Å². The maximum atomic E-state index is 12.7. The van der Waals surface area contributed by atoms with Crippen molar-refractivity contribution in [1.29, 1.82) is 0 Å². The van der Waals surface area contributed by atoms with E-state index in [4.69, 9.17) is 0 Å². The van der Waals surface area contributed by atoms with Crippen molar-refractivity contribution in [2.75, 3.05) is 0 Å². The molecule has 1 N–H and O–H groups in total. The van der Waals surface area contributed by atoms with Crippen LogP contribution >= 0.6 is 0 Å². The van der Waals surface area contributed by atoms with Crippen LogP contribution < -0.4 is 5.69 Å². The Kier molecular flexibility index (Phi) is 2.52. The number of halogens is 3. The minimum Gasteiger partial charge on any atom is -0.309 e. The van der Waals surface area contributed by atoms with Crippen molar-refractivity contribution in [2.24, 2.45) is 0 Å². The summed E-state index contributed by atoms with van der Waals surface area (Å²) >= 11 is 0. The zero-order valence-electron chi connectivity index (χ0n) is 8.69. The molecule has 6 heteroatoms. The van der Waals surface area contributed by atoms with Crippen LogP contribution in [0.15, 0.2) is 4.79 Å². The molecule has 0 bridgehead atoms. The predicted octanol–water partition coefficient (Wildman–Crippen LogP) is 2.23. The minimum atomic E-state index is -4.55. The Morgan fingerprint density at radius 2 is 2.12 bits per heavy atom. The van der Waals surface area contributed by atoms with Crippen molar-refractivity contribution in [3.05, 3.63) is 27.4 Å². The van der Waals surface area contributed by atoms with Gasteiger partial charge in [0, 0.05) is 11.3 Å². The van der Waals surface area contributed by atoms with Gasteiger partial charge in [-0.25, -0.2) is 4.79 Å². The maximum Gasteiger partial charge on any atom is 0.433 e. The van der Waals surface area contributed by atoms with Gasteiger partial charge in [0.1, 0.15) is 0 Å².